The van der Waals surface area contributed by atoms with Gasteiger partial charge in [0.15, 0.2) is 0 Å². The molecule has 2 aromatic rings. The van der Waals surface area contributed by atoms with E-state index in [0.717, 1.165) is 24.3 Å². The number of benzene rings is 2. The van der Waals surface area contributed by atoms with Gasteiger partial charge in [-0.25, -0.2) is 4.79 Å². The van der Waals surface area contributed by atoms with Gasteiger partial charge in [-0.2, -0.15) is 0 Å². The maximum Gasteiger partial charge on any atom is 0.340 e. The molecule has 0 amide bonds. The Morgan fingerprint density at radius 2 is 1.87 bits per heavy atom. The fraction of sp³-hybridized carbons (Fsp3) is 0.350. The van der Waals surface area contributed by atoms with E-state index in [-0.39, 0.29) is 5.97 Å². The third-order valence-corrected chi connectivity index (χ3v) is 4.33. The molecule has 1 atom stereocenters. The van der Waals surface area contributed by atoms with E-state index in [1.54, 1.807) is 0 Å². The number of carbonyl (C=O) groups excluding carboxylic acids is 1. The van der Waals surface area contributed by atoms with Crippen molar-refractivity contribution in [2.45, 2.75) is 26.4 Å². The van der Waals surface area contributed by atoms with Gasteiger partial charge in [0, 0.05) is 13.1 Å². The minimum absolute atomic E-state index is 0.248. The summed E-state index contributed by atoms with van der Waals surface area (Å²) in [5.41, 5.74) is 2.67. The highest BCUT2D eigenvalue weighted by Gasteiger charge is 2.21. The molecular formula is C20H23NO2. The van der Waals surface area contributed by atoms with Crippen LogP contribution in [0.15, 0.2) is 54.6 Å². The smallest absolute Gasteiger partial charge is 0.340 e. The van der Waals surface area contributed by atoms with Crippen molar-refractivity contribution in [1.82, 2.24) is 0 Å². The second-order valence-electron chi connectivity index (χ2n) is 6.27. The van der Waals surface area contributed by atoms with Crippen LogP contribution in [0.5, 0.6) is 0 Å². The van der Waals surface area contributed by atoms with E-state index < -0.39 is 0 Å². The van der Waals surface area contributed by atoms with Gasteiger partial charge in [-0.3, -0.25) is 0 Å². The average molecular weight is 309 g/mol. The zero-order chi connectivity index (χ0) is 16.1. The fourth-order valence-corrected chi connectivity index (χ4v) is 3.13. The number of anilines is 1. The number of rotatable bonds is 4. The Labute approximate surface area is 137 Å². The number of piperidine rings is 1. The summed E-state index contributed by atoms with van der Waals surface area (Å²) in [7, 11) is 0. The summed E-state index contributed by atoms with van der Waals surface area (Å²) in [6.07, 6.45) is 2.44. The Kier molecular flexibility index (Phi) is 4.96. The monoisotopic (exact) mass is 309 g/mol. The zero-order valence-electron chi connectivity index (χ0n) is 13.6. The van der Waals surface area contributed by atoms with Gasteiger partial charge in [0.05, 0.1) is 11.3 Å². The van der Waals surface area contributed by atoms with E-state index >= 15 is 0 Å². The first-order valence-electron chi connectivity index (χ1n) is 8.29. The highest BCUT2D eigenvalue weighted by Crippen LogP contribution is 2.27. The van der Waals surface area contributed by atoms with E-state index in [0.29, 0.717) is 18.1 Å². The Morgan fingerprint density at radius 1 is 1.13 bits per heavy atom. The van der Waals surface area contributed by atoms with Crippen molar-refractivity contribution < 1.29 is 9.53 Å². The van der Waals surface area contributed by atoms with Gasteiger partial charge in [-0.15, -0.1) is 0 Å². The normalized spacial score (nSPS) is 17.8. The third kappa shape index (κ3) is 3.92. The molecule has 0 radical (unpaired) electrons. The first-order chi connectivity index (χ1) is 11.2. The largest absolute Gasteiger partial charge is 0.457 e. The van der Waals surface area contributed by atoms with Gasteiger partial charge in [-0.1, -0.05) is 49.4 Å². The molecule has 0 N–H and O–H groups in total. The maximum atomic E-state index is 12.5. The third-order valence-electron chi connectivity index (χ3n) is 4.33. The molecule has 1 heterocycles. The molecule has 3 heteroatoms. The molecule has 2 aromatic carbocycles. The van der Waals surface area contributed by atoms with Crippen molar-refractivity contribution in [2.75, 3.05) is 18.0 Å². The lowest BCUT2D eigenvalue weighted by molar-refractivity contribution is 0.0473. The fourth-order valence-electron chi connectivity index (χ4n) is 3.13. The Hall–Kier alpha value is -2.29. The molecule has 1 aliphatic heterocycles. The zero-order valence-corrected chi connectivity index (χ0v) is 13.6. The number of hydrogen-bond donors (Lipinski definition) is 0. The molecule has 0 bridgehead atoms. The number of para-hydroxylation sites is 1. The van der Waals surface area contributed by atoms with Crippen LogP contribution in [-0.4, -0.2) is 19.1 Å². The molecule has 1 fully saturated rings. The first-order valence-corrected chi connectivity index (χ1v) is 8.29. The summed E-state index contributed by atoms with van der Waals surface area (Å²) < 4.78 is 5.51. The summed E-state index contributed by atoms with van der Waals surface area (Å²) in [5.74, 6) is 0.417. The lowest BCUT2D eigenvalue weighted by Gasteiger charge is -2.33. The van der Waals surface area contributed by atoms with Crippen LogP contribution in [0.4, 0.5) is 5.69 Å². The maximum absolute atomic E-state index is 12.5. The number of hydrogen-bond acceptors (Lipinski definition) is 3. The summed E-state index contributed by atoms with van der Waals surface area (Å²) in [4.78, 5) is 14.8. The van der Waals surface area contributed by atoms with Crippen molar-refractivity contribution in [1.29, 1.82) is 0 Å². The summed E-state index contributed by atoms with van der Waals surface area (Å²) >= 11 is 0. The SMILES string of the molecule is CC1CCCN(c2ccccc2C(=O)OCc2ccccc2)C1. The van der Waals surface area contributed by atoms with Gasteiger partial charge in [0.1, 0.15) is 6.61 Å². The Balaban J connectivity index is 1.73. The minimum Gasteiger partial charge on any atom is -0.457 e. The lowest BCUT2D eigenvalue weighted by atomic mass is 9.99. The molecular weight excluding hydrogens is 286 g/mol. The van der Waals surface area contributed by atoms with Crippen molar-refractivity contribution in [3.63, 3.8) is 0 Å². The second-order valence-corrected chi connectivity index (χ2v) is 6.27. The molecule has 0 aliphatic carbocycles. The van der Waals surface area contributed by atoms with E-state index in [1.165, 1.54) is 12.8 Å². The predicted molar refractivity (Wildman–Crippen MR) is 92.6 cm³/mol. The minimum atomic E-state index is -0.248. The summed E-state index contributed by atoms with van der Waals surface area (Å²) in [6, 6.07) is 17.6. The summed E-state index contributed by atoms with van der Waals surface area (Å²) in [6.45, 7) is 4.59. The van der Waals surface area contributed by atoms with Crippen LogP contribution in [0.2, 0.25) is 0 Å². The first kappa shape index (κ1) is 15.6. The molecule has 23 heavy (non-hydrogen) atoms. The van der Waals surface area contributed by atoms with Crippen molar-refractivity contribution in [3.8, 4) is 0 Å². The van der Waals surface area contributed by atoms with Crippen molar-refractivity contribution in [3.05, 3.63) is 65.7 Å². The summed E-state index contributed by atoms with van der Waals surface area (Å²) in [5, 5.41) is 0. The highest BCUT2D eigenvalue weighted by molar-refractivity contribution is 5.95. The van der Waals surface area contributed by atoms with Crippen LogP contribution in [0.3, 0.4) is 0 Å². The van der Waals surface area contributed by atoms with Crippen molar-refractivity contribution >= 4 is 11.7 Å². The Morgan fingerprint density at radius 3 is 2.65 bits per heavy atom. The molecule has 3 rings (SSSR count). The van der Waals surface area contributed by atoms with Crippen molar-refractivity contribution in [2.24, 2.45) is 5.92 Å². The number of carbonyl (C=O) groups is 1. The van der Waals surface area contributed by atoms with Crippen LogP contribution in [0.1, 0.15) is 35.7 Å². The molecule has 1 aliphatic rings. The molecule has 3 nitrogen and oxygen atoms in total. The van der Waals surface area contributed by atoms with Gasteiger partial charge in [0.25, 0.3) is 0 Å². The number of esters is 1. The van der Waals surface area contributed by atoms with Gasteiger partial charge in [-0.05, 0) is 36.5 Å². The van der Waals surface area contributed by atoms with Crippen LogP contribution in [-0.2, 0) is 11.3 Å². The average Bonchev–Trinajstić information content (AvgIpc) is 2.60. The van der Waals surface area contributed by atoms with E-state index in [1.807, 2.05) is 54.6 Å². The van der Waals surface area contributed by atoms with Crippen LogP contribution < -0.4 is 4.90 Å². The molecule has 120 valence electrons. The van der Waals surface area contributed by atoms with E-state index in [9.17, 15) is 4.79 Å². The van der Waals surface area contributed by atoms with E-state index in [2.05, 4.69) is 11.8 Å². The second kappa shape index (κ2) is 7.32. The van der Waals surface area contributed by atoms with Crippen LogP contribution in [0, 0.1) is 5.92 Å². The highest BCUT2D eigenvalue weighted by atomic mass is 16.5. The molecule has 0 aromatic heterocycles. The molecule has 0 saturated carbocycles. The lowest BCUT2D eigenvalue weighted by Crippen LogP contribution is -2.35. The quantitative estimate of drug-likeness (QED) is 0.790. The standard InChI is InChI=1S/C20H23NO2/c1-16-8-7-13-21(14-16)19-12-6-5-11-18(19)20(22)23-15-17-9-3-2-4-10-17/h2-6,9-12,16H,7-8,13-15H2,1H3. The van der Waals surface area contributed by atoms with Crippen LogP contribution >= 0.6 is 0 Å². The number of nitrogens with zero attached hydrogens (tertiary/aromatic N) is 1. The van der Waals surface area contributed by atoms with Gasteiger partial charge < -0.3 is 9.64 Å². The predicted octanol–water partition coefficient (Wildman–Crippen LogP) is 4.28. The van der Waals surface area contributed by atoms with Crippen LogP contribution in [0.25, 0.3) is 0 Å². The molecule has 1 saturated heterocycles. The van der Waals surface area contributed by atoms with E-state index in [4.69, 9.17) is 4.74 Å². The topological polar surface area (TPSA) is 29.5 Å². The Bertz CT molecular complexity index is 654. The molecule has 1 unspecified atom stereocenters. The van der Waals surface area contributed by atoms with Gasteiger partial charge in [0.2, 0.25) is 0 Å². The van der Waals surface area contributed by atoms with Gasteiger partial charge >= 0.3 is 5.97 Å². The number of ether oxygens (including phenoxy) is 1. The molecule has 0 spiro atoms.